The normalized spacial score (nSPS) is 22.2. The Hall–Kier alpha value is -0.230. The average molecular weight is 306 g/mol. The summed E-state index contributed by atoms with van der Waals surface area (Å²) in [5, 5.41) is 4.04. The molecule has 0 bridgehead atoms. The molecule has 0 amide bonds. The first-order valence-electron chi connectivity index (χ1n) is 5.87. The third-order valence-corrected chi connectivity index (χ3v) is 5.88. The van der Waals surface area contributed by atoms with Crippen LogP contribution in [0.2, 0.25) is 5.02 Å². The molecule has 2 rings (SSSR count). The molecule has 18 heavy (non-hydrogen) atoms. The standard InChI is InChI=1S/C12H16ClNO2S2/c13-10-1-3-12(4-2-10)17-7-6-14-11-5-8-18(15,16)9-11/h1-4,11,14H,5-9H2. The summed E-state index contributed by atoms with van der Waals surface area (Å²) in [6, 6.07) is 7.88. The molecule has 3 nitrogen and oxygen atoms in total. The number of benzene rings is 1. The zero-order chi connectivity index (χ0) is 13.0. The smallest absolute Gasteiger partial charge is 0.151 e. The van der Waals surface area contributed by atoms with Gasteiger partial charge in [-0.2, -0.15) is 0 Å². The molecule has 0 saturated carbocycles. The van der Waals surface area contributed by atoms with Crippen molar-refractivity contribution in [2.24, 2.45) is 0 Å². The molecule has 0 spiro atoms. The number of nitrogens with one attached hydrogen (secondary N) is 1. The molecule has 1 unspecified atom stereocenters. The summed E-state index contributed by atoms with van der Waals surface area (Å²) >= 11 is 7.55. The Balaban J connectivity index is 1.66. The number of halogens is 1. The van der Waals surface area contributed by atoms with E-state index in [1.807, 2.05) is 24.3 Å². The van der Waals surface area contributed by atoms with Gasteiger partial charge in [-0.15, -0.1) is 11.8 Å². The van der Waals surface area contributed by atoms with Crippen molar-refractivity contribution in [3.63, 3.8) is 0 Å². The Morgan fingerprint density at radius 1 is 1.33 bits per heavy atom. The lowest BCUT2D eigenvalue weighted by Crippen LogP contribution is -2.31. The van der Waals surface area contributed by atoms with E-state index in [4.69, 9.17) is 11.6 Å². The first-order valence-corrected chi connectivity index (χ1v) is 9.06. The van der Waals surface area contributed by atoms with Gasteiger partial charge < -0.3 is 5.32 Å². The van der Waals surface area contributed by atoms with Gasteiger partial charge >= 0.3 is 0 Å². The van der Waals surface area contributed by atoms with Gasteiger partial charge in [0.15, 0.2) is 9.84 Å². The molecule has 0 aromatic heterocycles. The Morgan fingerprint density at radius 3 is 2.67 bits per heavy atom. The van der Waals surface area contributed by atoms with E-state index in [9.17, 15) is 8.42 Å². The Morgan fingerprint density at radius 2 is 2.06 bits per heavy atom. The predicted octanol–water partition coefficient (Wildman–Crippen LogP) is 2.21. The molecule has 100 valence electrons. The van der Waals surface area contributed by atoms with Gasteiger partial charge in [0, 0.05) is 28.3 Å². The fourth-order valence-corrected chi connectivity index (χ4v) is 4.54. The van der Waals surface area contributed by atoms with Crippen LogP contribution in [0.3, 0.4) is 0 Å². The zero-order valence-electron chi connectivity index (χ0n) is 9.93. The lowest BCUT2D eigenvalue weighted by molar-refractivity contribution is 0.575. The van der Waals surface area contributed by atoms with Gasteiger partial charge in [-0.3, -0.25) is 0 Å². The van der Waals surface area contributed by atoms with Crippen molar-refractivity contribution in [2.45, 2.75) is 17.4 Å². The highest BCUT2D eigenvalue weighted by Crippen LogP contribution is 2.20. The molecule has 1 heterocycles. The second-order valence-electron chi connectivity index (χ2n) is 4.36. The molecule has 1 saturated heterocycles. The van der Waals surface area contributed by atoms with E-state index in [1.54, 1.807) is 11.8 Å². The Bertz CT molecular complexity index is 487. The minimum absolute atomic E-state index is 0.140. The van der Waals surface area contributed by atoms with Crippen molar-refractivity contribution < 1.29 is 8.42 Å². The quantitative estimate of drug-likeness (QED) is 0.669. The molecular formula is C12H16ClNO2S2. The van der Waals surface area contributed by atoms with Gasteiger partial charge in [-0.25, -0.2) is 8.42 Å². The third-order valence-electron chi connectivity index (χ3n) is 2.85. The van der Waals surface area contributed by atoms with E-state index in [-0.39, 0.29) is 6.04 Å². The summed E-state index contributed by atoms with van der Waals surface area (Å²) in [5.41, 5.74) is 0. The minimum Gasteiger partial charge on any atom is -0.312 e. The largest absolute Gasteiger partial charge is 0.312 e. The topological polar surface area (TPSA) is 46.2 Å². The number of sulfone groups is 1. The summed E-state index contributed by atoms with van der Waals surface area (Å²) in [6.07, 6.45) is 0.744. The van der Waals surface area contributed by atoms with Crippen molar-refractivity contribution in [2.75, 3.05) is 23.8 Å². The van der Waals surface area contributed by atoms with Crippen molar-refractivity contribution >= 4 is 33.2 Å². The van der Waals surface area contributed by atoms with Crippen LogP contribution in [0.5, 0.6) is 0 Å². The van der Waals surface area contributed by atoms with Crippen molar-refractivity contribution in [1.29, 1.82) is 0 Å². The molecular weight excluding hydrogens is 290 g/mol. The van der Waals surface area contributed by atoms with Gasteiger partial charge in [0.25, 0.3) is 0 Å². The van der Waals surface area contributed by atoms with E-state index in [0.717, 1.165) is 23.7 Å². The van der Waals surface area contributed by atoms with E-state index in [0.29, 0.717) is 11.5 Å². The molecule has 0 aliphatic carbocycles. The van der Waals surface area contributed by atoms with Crippen LogP contribution in [0.15, 0.2) is 29.2 Å². The van der Waals surface area contributed by atoms with Crippen molar-refractivity contribution in [3.05, 3.63) is 29.3 Å². The van der Waals surface area contributed by atoms with Crippen LogP contribution in [0.1, 0.15) is 6.42 Å². The molecule has 1 aliphatic heterocycles. The van der Waals surface area contributed by atoms with Crippen molar-refractivity contribution in [3.8, 4) is 0 Å². The molecule has 1 aliphatic rings. The molecule has 1 aromatic rings. The van der Waals surface area contributed by atoms with E-state index in [1.165, 1.54) is 4.90 Å². The number of hydrogen-bond acceptors (Lipinski definition) is 4. The fraction of sp³-hybridized carbons (Fsp3) is 0.500. The van der Waals surface area contributed by atoms with Crippen LogP contribution < -0.4 is 5.32 Å². The summed E-state index contributed by atoms with van der Waals surface area (Å²) in [6.45, 7) is 0.827. The van der Waals surface area contributed by atoms with E-state index >= 15 is 0 Å². The first-order chi connectivity index (χ1) is 8.55. The van der Waals surface area contributed by atoms with Crippen LogP contribution >= 0.6 is 23.4 Å². The highest BCUT2D eigenvalue weighted by molar-refractivity contribution is 7.99. The molecule has 1 N–H and O–H groups in total. The van der Waals surface area contributed by atoms with Crippen LogP contribution in [0, 0.1) is 0 Å². The Labute approximate surface area is 117 Å². The number of hydrogen-bond donors (Lipinski definition) is 1. The SMILES string of the molecule is O=S1(=O)CCC(NCCSc2ccc(Cl)cc2)C1. The van der Waals surface area contributed by atoms with Gasteiger partial charge in [0.2, 0.25) is 0 Å². The lowest BCUT2D eigenvalue weighted by atomic mass is 10.3. The summed E-state index contributed by atoms with van der Waals surface area (Å²) in [5.74, 6) is 1.55. The minimum atomic E-state index is -2.77. The highest BCUT2D eigenvalue weighted by Gasteiger charge is 2.26. The third kappa shape index (κ3) is 4.46. The van der Waals surface area contributed by atoms with E-state index < -0.39 is 9.84 Å². The summed E-state index contributed by atoms with van der Waals surface area (Å²) < 4.78 is 22.5. The van der Waals surface area contributed by atoms with E-state index in [2.05, 4.69) is 5.32 Å². The monoisotopic (exact) mass is 305 g/mol. The van der Waals surface area contributed by atoms with Crippen LogP contribution in [-0.2, 0) is 9.84 Å². The van der Waals surface area contributed by atoms with Gasteiger partial charge in [-0.1, -0.05) is 11.6 Å². The average Bonchev–Trinajstić information content (AvgIpc) is 2.67. The van der Waals surface area contributed by atoms with Crippen molar-refractivity contribution in [1.82, 2.24) is 5.32 Å². The van der Waals surface area contributed by atoms with Crippen LogP contribution in [-0.4, -0.2) is 38.3 Å². The first kappa shape index (κ1) is 14.2. The molecule has 6 heteroatoms. The van der Waals surface area contributed by atoms with Gasteiger partial charge in [-0.05, 0) is 30.7 Å². The number of thioether (sulfide) groups is 1. The maximum atomic E-state index is 11.3. The second-order valence-corrected chi connectivity index (χ2v) is 8.19. The molecule has 1 aromatic carbocycles. The molecule has 0 radical (unpaired) electrons. The zero-order valence-corrected chi connectivity index (χ0v) is 12.3. The fourth-order valence-electron chi connectivity index (χ4n) is 1.92. The van der Waals surface area contributed by atoms with Gasteiger partial charge in [0.1, 0.15) is 0 Å². The lowest BCUT2D eigenvalue weighted by Gasteiger charge is -2.10. The Kier molecular flexibility index (Phi) is 4.95. The summed E-state index contributed by atoms with van der Waals surface area (Å²) in [7, 11) is -2.77. The highest BCUT2D eigenvalue weighted by atomic mass is 35.5. The van der Waals surface area contributed by atoms with Gasteiger partial charge in [0.05, 0.1) is 11.5 Å². The maximum absolute atomic E-state index is 11.3. The predicted molar refractivity (Wildman–Crippen MR) is 77.2 cm³/mol. The number of rotatable bonds is 5. The van der Waals surface area contributed by atoms with Crippen LogP contribution in [0.4, 0.5) is 0 Å². The second kappa shape index (κ2) is 6.28. The summed E-state index contributed by atoms with van der Waals surface area (Å²) in [4.78, 5) is 1.18. The molecule has 1 fully saturated rings. The van der Waals surface area contributed by atoms with Crippen LogP contribution in [0.25, 0.3) is 0 Å². The maximum Gasteiger partial charge on any atom is 0.151 e. The molecule has 1 atom stereocenters.